The summed E-state index contributed by atoms with van der Waals surface area (Å²) < 4.78 is 5.32. The number of phenolic OH excluding ortho intramolecular Hbond substituents is 2. The number of carbonyl (C=O) groups excluding carboxylic acids is 1. The van der Waals surface area contributed by atoms with Crippen LogP contribution in [0.15, 0.2) is 61.4 Å². The van der Waals surface area contributed by atoms with Gasteiger partial charge in [0, 0.05) is 6.42 Å². The highest BCUT2D eigenvalue weighted by atomic mass is 16.5. The number of rotatable bonds is 7. The van der Waals surface area contributed by atoms with Crippen molar-refractivity contribution >= 4 is 11.4 Å². The molecular weight excluding hydrogens is 328 g/mol. The molecule has 1 aromatic carbocycles. The van der Waals surface area contributed by atoms with Gasteiger partial charge in [-0.25, -0.2) is 0 Å². The summed E-state index contributed by atoms with van der Waals surface area (Å²) in [5, 5.41) is 18.9. The molecule has 144 valence electrons. The first kappa shape index (κ1) is 25.5. The molecule has 0 radical (unpaired) electrons. The van der Waals surface area contributed by atoms with Gasteiger partial charge in [-0.3, -0.25) is 4.79 Å². The molecule has 0 saturated carbocycles. The molecule has 0 fully saturated rings. The van der Waals surface area contributed by atoms with Crippen LogP contribution >= 0.6 is 0 Å². The Bertz CT molecular complexity index is 611. The minimum Gasteiger partial charge on any atom is -0.504 e. The Labute approximate surface area is 157 Å². The van der Waals surface area contributed by atoms with Crippen LogP contribution in [0, 0.1) is 0 Å². The van der Waals surface area contributed by atoms with Gasteiger partial charge < -0.3 is 14.9 Å². The minimum absolute atomic E-state index is 0.126. The van der Waals surface area contributed by atoms with Gasteiger partial charge in [-0.1, -0.05) is 50.3 Å². The Morgan fingerprint density at radius 2 is 1.65 bits per heavy atom. The van der Waals surface area contributed by atoms with E-state index in [1.54, 1.807) is 24.3 Å². The average Bonchev–Trinajstić information content (AvgIpc) is 2.64. The fourth-order valence-corrected chi connectivity index (χ4v) is 1.60. The van der Waals surface area contributed by atoms with Gasteiger partial charge in [0.25, 0.3) is 0 Å². The third-order valence-electron chi connectivity index (χ3n) is 2.76. The van der Waals surface area contributed by atoms with Crippen molar-refractivity contribution in [2.24, 2.45) is 0 Å². The van der Waals surface area contributed by atoms with Gasteiger partial charge in [-0.2, -0.15) is 0 Å². The molecule has 26 heavy (non-hydrogen) atoms. The molecule has 0 aliphatic carbocycles. The summed E-state index contributed by atoms with van der Waals surface area (Å²) in [4.78, 5) is 12.2. The van der Waals surface area contributed by atoms with E-state index in [0.29, 0.717) is 17.7 Å². The van der Waals surface area contributed by atoms with Crippen LogP contribution in [0.25, 0.3) is 5.57 Å². The molecule has 1 rings (SSSR count). The highest BCUT2D eigenvalue weighted by Gasteiger charge is 2.13. The molecule has 0 aliphatic rings. The molecule has 0 atom stereocenters. The number of ether oxygens (including phenoxy) is 1. The predicted molar refractivity (Wildman–Crippen MR) is 110 cm³/mol. The number of hydrogen-bond donors (Lipinski definition) is 2. The second kappa shape index (κ2) is 17.1. The maximum absolute atomic E-state index is 12.2. The Balaban J connectivity index is 0. The Morgan fingerprint density at radius 3 is 2.15 bits per heavy atom. The summed E-state index contributed by atoms with van der Waals surface area (Å²) >= 11 is 0. The van der Waals surface area contributed by atoms with Crippen LogP contribution in [-0.4, -0.2) is 22.6 Å². The third-order valence-corrected chi connectivity index (χ3v) is 2.76. The van der Waals surface area contributed by atoms with Crippen molar-refractivity contribution < 1.29 is 19.7 Å². The van der Waals surface area contributed by atoms with Crippen LogP contribution in [0.1, 0.15) is 46.6 Å². The van der Waals surface area contributed by atoms with E-state index < -0.39 is 0 Å². The lowest BCUT2D eigenvalue weighted by molar-refractivity contribution is -0.113. The van der Waals surface area contributed by atoms with E-state index in [2.05, 4.69) is 6.58 Å². The number of ketones is 1. The van der Waals surface area contributed by atoms with Crippen molar-refractivity contribution in [3.63, 3.8) is 0 Å². The molecule has 0 spiro atoms. The molecule has 0 unspecified atom stereocenters. The van der Waals surface area contributed by atoms with E-state index in [9.17, 15) is 15.0 Å². The molecule has 0 heterocycles. The molecule has 0 saturated heterocycles. The fourth-order valence-electron chi connectivity index (χ4n) is 1.60. The molecule has 0 amide bonds. The van der Waals surface area contributed by atoms with Crippen molar-refractivity contribution in [3.8, 4) is 11.5 Å². The first-order valence-corrected chi connectivity index (χ1v) is 8.68. The van der Waals surface area contributed by atoms with Crippen LogP contribution in [-0.2, 0) is 9.53 Å². The first-order chi connectivity index (χ1) is 12.5. The monoisotopic (exact) mass is 360 g/mol. The van der Waals surface area contributed by atoms with Crippen molar-refractivity contribution in [2.45, 2.75) is 41.0 Å². The van der Waals surface area contributed by atoms with Crippen molar-refractivity contribution in [2.75, 3.05) is 6.61 Å². The molecule has 4 heteroatoms. The smallest absolute Gasteiger partial charge is 0.170 e. The zero-order valence-corrected chi connectivity index (χ0v) is 16.5. The third kappa shape index (κ3) is 10.9. The van der Waals surface area contributed by atoms with Crippen LogP contribution < -0.4 is 0 Å². The number of aromatic hydroxyl groups is 2. The van der Waals surface area contributed by atoms with Crippen molar-refractivity contribution in [1.29, 1.82) is 0 Å². The predicted octanol–water partition coefficient (Wildman–Crippen LogP) is 5.79. The molecule has 0 aromatic heterocycles. The van der Waals surface area contributed by atoms with Crippen LogP contribution in [0.2, 0.25) is 0 Å². The van der Waals surface area contributed by atoms with Gasteiger partial charge in [0.1, 0.15) is 6.61 Å². The second-order valence-corrected chi connectivity index (χ2v) is 4.74. The standard InChI is InChI=1S/C17H20O4.C3H6.C2H6/c1-3-5-7-15(18)14(12-21-10-6-4-2)13-8-9-16(19)17(20)11-13;1-3-2;1-2/h3-6,8-9,11-12,19-20H,7,10H2,1-2H3;3H,1H2,2H3;1-2H3/b5-3+,6-4-,14-12-;;. The van der Waals surface area contributed by atoms with Gasteiger partial charge in [-0.15, -0.1) is 6.58 Å². The maximum atomic E-state index is 12.2. The van der Waals surface area contributed by atoms with Crippen molar-refractivity contribution in [3.05, 3.63) is 67.0 Å². The summed E-state index contributed by atoms with van der Waals surface area (Å²) in [7, 11) is 0. The summed E-state index contributed by atoms with van der Waals surface area (Å²) in [5.74, 6) is -0.627. The highest BCUT2D eigenvalue weighted by molar-refractivity contribution is 6.21. The number of phenols is 2. The lowest BCUT2D eigenvalue weighted by Gasteiger charge is -2.08. The largest absolute Gasteiger partial charge is 0.504 e. The Kier molecular flexibility index (Phi) is 16.8. The number of benzene rings is 1. The number of hydrogen-bond acceptors (Lipinski definition) is 4. The van der Waals surface area contributed by atoms with Gasteiger partial charge in [0.15, 0.2) is 17.3 Å². The van der Waals surface area contributed by atoms with Crippen LogP contribution in [0.4, 0.5) is 0 Å². The average molecular weight is 360 g/mol. The lowest BCUT2D eigenvalue weighted by atomic mass is 10.0. The summed E-state index contributed by atoms with van der Waals surface area (Å²) in [6, 6.07) is 4.24. The number of allylic oxidation sites excluding steroid dienone is 5. The SMILES string of the molecule is C/C=C\CO/C=C(\C(=O)C/C=C/C)c1ccc(O)c(O)c1.C=CC.CC. The zero-order valence-electron chi connectivity index (χ0n) is 16.5. The quantitative estimate of drug-likeness (QED) is 0.212. The van der Waals surface area contributed by atoms with Crippen LogP contribution in [0.3, 0.4) is 0 Å². The minimum atomic E-state index is -0.273. The highest BCUT2D eigenvalue weighted by Crippen LogP contribution is 2.29. The van der Waals surface area contributed by atoms with Gasteiger partial charge in [0.05, 0.1) is 11.8 Å². The van der Waals surface area contributed by atoms with Crippen LogP contribution in [0.5, 0.6) is 11.5 Å². The van der Waals surface area contributed by atoms with Gasteiger partial charge in [-0.05, 0) is 38.5 Å². The van der Waals surface area contributed by atoms with E-state index in [-0.39, 0.29) is 23.7 Å². The first-order valence-electron chi connectivity index (χ1n) is 8.68. The van der Waals surface area contributed by atoms with E-state index in [1.807, 2.05) is 46.8 Å². The van der Waals surface area contributed by atoms with Gasteiger partial charge >= 0.3 is 0 Å². The Hall–Kier alpha value is -2.75. The Morgan fingerprint density at radius 1 is 1.08 bits per heavy atom. The van der Waals surface area contributed by atoms with Crippen molar-refractivity contribution in [1.82, 2.24) is 0 Å². The van der Waals surface area contributed by atoms with E-state index >= 15 is 0 Å². The number of carbonyl (C=O) groups is 1. The molecule has 0 bridgehead atoms. The molecular formula is C22H32O4. The number of Topliss-reactive ketones (excluding diaryl/α,β-unsaturated/α-hetero) is 1. The van der Waals surface area contributed by atoms with E-state index in [0.717, 1.165) is 0 Å². The topological polar surface area (TPSA) is 66.8 Å². The fraction of sp³-hybridized carbons (Fsp3) is 0.318. The van der Waals surface area contributed by atoms with Gasteiger partial charge in [0.2, 0.25) is 0 Å². The van der Waals surface area contributed by atoms with E-state index in [1.165, 1.54) is 18.4 Å². The van der Waals surface area contributed by atoms with E-state index in [4.69, 9.17) is 4.74 Å². The molecule has 4 nitrogen and oxygen atoms in total. The summed E-state index contributed by atoms with van der Waals surface area (Å²) in [6.45, 7) is 13.3. The molecule has 1 aromatic rings. The summed E-state index contributed by atoms with van der Waals surface area (Å²) in [5.41, 5.74) is 0.855. The summed E-state index contributed by atoms with van der Waals surface area (Å²) in [6.07, 6.45) is 10.6. The molecule has 0 aliphatic heterocycles. The zero-order chi connectivity index (χ0) is 20.4. The normalized spacial score (nSPS) is 10.6. The lowest BCUT2D eigenvalue weighted by Crippen LogP contribution is -2.02. The molecule has 2 N–H and O–H groups in total. The second-order valence-electron chi connectivity index (χ2n) is 4.74. The maximum Gasteiger partial charge on any atom is 0.170 e.